The number of carbonyl (C=O) groups excluding carboxylic acids is 1. The number of nitrogens with one attached hydrogen (secondary N) is 1. The lowest BCUT2D eigenvalue weighted by molar-refractivity contribution is 0.0952. The molecule has 0 radical (unpaired) electrons. The topological polar surface area (TPSA) is 78.1 Å². The van der Waals surface area contributed by atoms with Gasteiger partial charge in [0.1, 0.15) is 11.5 Å². The highest BCUT2D eigenvalue weighted by Gasteiger charge is 2.11. The molecular formula is C18H17N3O3. The van der Waals surface area contributed by atoms with Crippen molar-refractivity contribution in [2.24, 2.45) is 5.10 Å². The lowest BCUT2D eigenvalue weighted by Gasteiger charge is -2.06. The maximum atomic E-state index is 12.2. The van der Waals surface area contributed by atoms with Gasteiger partial charge in [0, 0.05) is 20.2 Å². The van der Waals surface area contributed by atoms with Crippen molar-refractivity contribution in [3.63, 3.8) is 0 Å². The predicted molar refractivity (Wildman–Crippen MR) is 93.7 cm³/mol. The van der Waals surface area contributed by atoms with Gasteiger partial charge in [-0.25, -0.2) is 5.43 Å². The maximum absolute atomic E-state index is 12.2. The van der Waals surface area contributed by atoms with Crippen molar-refractivity contribution in [3.8, 4) is 5.75 Å². The number of furan rings is 1. The molecule has 2 aromatic carbocycles. The van der Waals surface area contributed by atoms with E-state index in [2.05, 4.69) is 10.5 Å². The summed E-state index contributed by atoms with van der Waals surface area (Å²) < 4.78 is 5.49. The highest BCUT2D eigenvalue weighted by atomic mass is 16.4. The third kappa shape index (κ3) is 3.22. The first-order valence-electron chi connectivity index (χ1n) is 7.37. The first-order valence-corrected chi connectivity index (χ1v) is 7.37. The van der Waals surface area contributed by atoms with Crippen molar-refractivity contribution < 1.29 is 14.3 Å². The Morgan fingerprint density at radius 2 is 1.88 bits per heavy atom. The first kappa shape index (κ1) is 15.6. The summed E-state index contributed by atoms with van der Waals surface area (Å²) in [5, 5.41) is 15.6. The standard InChI is InChI=1S/C18H17N3O3/c1-21(2)17-8-7-14(24-17)11-19-20-18(23)15-9-12-5-3-4-6-13(12)10-16(15)22/h3-11,22H,1-2H3,(H,20,23)/b19-11-. The number of benzene rings is 2. The zero-order chi connectivity index (χ0) is 17.1. The minimum atomic E-state index is -0.492. The van der Waals surface area contributed by atoms with E-state index in [1.807, 2.05) is 43.3 Å². The highest BCUT2D eigenvalue weighted by molar-refractivity contribution is 6.01. The Morgan fingerprint density at radius 1 is 1.17 bits per heavy atom. The molecule has 0 spiro atoms. The van der Waals surface area contributed by atoms with Crippen LogP contribution in [0.5, 0.6) is 5.75 Å². The smallest absolute Gasteiger partial charge is 0.275 e. The number of amides is 1. The maximum Gasteiger partial charge on any atom is 0.275 e. The number of carbonyl (C=O) groups is 1. The normalized spacial score (nSPS) is 11.1. The van der Waals surface area contributed by atoms with E-state index in [9.17, 15) is 9.90 Å². The number of anilines is 1. The molecule has 122 valence electrons. The second kappa shape index (κ2) is 6.45. The van der Waals surface area contributed by atoms with Crippen LogP contribution in [0.4, 0.5) is 5.88 Å². The summed E-state index contributed by atoms with van der Waals surface area (Å²) in [6.45, 7) is 0. The third-order valence-corrected chi connectivity index (χ3v) is 3.52. The van der Waals surface area contributed by atoms with Gasteiger partial charge in [0.25, 0.3) is 5.91 Å². The number of hydrogen-bond acceptors (Lipinski definition) is 5. The molecule has 0 aliphatic carbocycles. The highest BCUT2D eigenvalue weighted by Crippen LogP contribution is 2.24. The van der Waals surface area contributed by atoms with Crippen LogP contribution >= 0.6 is 0 Å². The summed E-state index contributed by atoms with van der Waals surface area (Å²) in [6, 6.07) is 14.2. The first-order chi connectivity index (χ1) is 11.5. The van der Waals surface area contributed by atoms with E-state index in [1.165, 1.54) is 6.21 Å². The van der Waals surface area contributed by atoms with Crippen LogP contribution in [0.3, 0.4) is 0 Å². The molecule has 0 aliphatic heterocycles. The average molecular weight is 323 g/mol. The van der Waals surface area contributed by atoms with Gasteiger partial charge in [0.15, 0.2) is 5.88 Å². The van der Waals surface area contributed by atoms with Gasteiger partial charge in [-0.2, -0.15) is 5.10 Å². The van der Waals surface area contributed by atoms with Gasteiger partial charge in [0.05, 0.1) is 11.8 Å². The van der Waals surface area contributed by atoms with Gasteiger partial charge in [-0.3, -0.25) is 4.79 Å². The number of rotatable bonds is 4. The fraction of sp³-hybridized carbons (Fsp3) is 0.111. The second-order valence-electron chi connectivity index (χ2n) is 5.49. The lowest BCUT2D eigenvalue weighted by Crippen LogP contribution is -2.17. The molecule has 0 bridgehead atoms. The molecule has 0 saturated heterocycles. The molecule has 6 nitrogen and oxygen atoms in total. The molecule has 0 atom stereocenters. The zero-order valence-corrected chi connectivity index (χ0v) is 13.4. The van der Waals surface area contributed by atoms with E-state index >= 15 is 0 Å². The van der Waals surface area contributed by atoms with Gasteiger partial charge < -0.3 is 14.4 Å². The SMILES string of the molecule is CN(C)c1ccc(/C=N\NC(=O)c2cc3ccccc3cc2O)o1. The van der Waals surface area contributed by atoms with Crippen LogP contribution in [0.15, 0.2) is 58.0 Å². The summed E-state index contributed by atoms with van der Waals surface area (Å²) in [5.41, 5.74) is 2.55. The average Bonchev–Trinajstić information content (AvgIpc) is 3.03. The van der Waals surface area contributed by atoms with Crippen molar-refractivity contribution in [3.05, 3.63) is 59.9 Å². The van der Waals surface area contributed by atoms with Crippen LogP contribution in [0.1, 0.15) is 16.1 Å². The largest absolute Gasteiger partial charge is 0.507 e. The molecule has 0 unspecified atom stereocenters. The molecule has 1 amide bonds. The molecule has 6 heteroatoms. The Balaban J connectivity index is 1.74. The van der Waals surface area contributed by atoms with Crippen LogP contribution in [0, 0.1) is 0 Å². The summed E-state index contributed by atoms with van der Waals surface area (Å²) in [4.78, 5) is 14.0. The quantitative estimate of drug-likeness (QED) is 0.571. The van der Waals surface area contributed by atoms with Crippen molar-refractivity contribution >= 4 is 28.8 Å². The molecule has 0 saturated carbocycles. The van der Waals surface area contributed by atoms with E-state index < -0.39 is 5.91 Å². The number of nitrogens with zero attached hydrogens (tertiary/aromatic N) is 2. The van der Waals surface area contributed by atoms with Crippen LogP contribution < -0.4 is 10.3 Å². The van der Waals surface area contributed by atoms with Crippen molar-refractivity contribution in [2.45, 2.75) is 0 Å². The Bertz CT molecular complexity index is 913. The minimum absolute atomic E-state index is 0.0886. The van der Waals surface area contributed by atoms with E-state index in [4.69, 9.17) is 4.42 Å². The summed E-state index contributed by atoms with van der Waals surface area (Å²) in [5.74, 6) is 0.625. The molecule has 3 aromatic rings. The molecule has 1 aromatic heterocycles. The fourth-order valence-electron chi connectivity index (χ4n) is 2.28. The Labute approximate surface area is 139 Å². The zero-order valence-electron chi connectivity index (χ0n) is 13.4. The van der Waals surface area contributed by atoms with Crippen molar-refractivity contribution in [1.29, 1.82) is 0 Å². The van der Waals surface area contributed by atoms with E-state index in [1.54, 1.807) is 24.3 Å². The Morgan fingerprint density at radius 3 is 2.54 bits per heavy atom. The van der Waals surface area contributed by atoms with E-state index in [0.29, 0.717) is 11.6 Å². The van der Waals surface area contributed by atoms with Crippen LogP contribution in [-0.2, 0) is 0 Å². The van der Waals surface area contributed by atoms with Crippen LogP contribution in [0.25, 0.3) is 10.8 Å². The van der Waals surface area contributed by atoms with Gasteiger partial charge in [-0.15, -0.1) is 0 Å². The van der Waals surface area contributed by atoms with Gasteiger partial charge in [0.2, 0.25) is 0 Å². The number of hydrazone groups is 1. The molecule has 2 N–H and O–H groups in total. The van der Waals surface area contributed by atoms with Crippen molar-refractivity contribution in [2.75, 3.05) is 19.0 Å². The number of aromatic hydroxyl groups is 1. The summed E-state index contributed by atoms with van der Waals surface area (Å²) in [6.07, 6.45) is 1.41. The minimum Gasteiger partial charge on any atom is -0.507 e. The predicted octanol–water partition coefficient (Wildman–Crippen LogP) is 2.97. The number of hydrogen-bond donors (Lipinski definition) is 2. The Kier molecular flexibility index (Phi) is 4.20. The molecule has 0 aliphatic rings. The third-order valence-electron chi connectivity index (χ3n) is 3.52. The van der Waals surface area contributed by atoms with E-state index in [-0.39, 0.29) is 11.3 Å². The van der Waals surface area contributed by atoms with E-state index in [0.717, 1.165) is 10.8 Å². The van der Waals surface area contributed by atoms with Gasteiger partial charge in [-0.05, 0) is 29.0 Å². The monoisotopic (exact) mass is 323 g/mol. The second-order valence-corrected chi connectivity index (χ2v) is 5.49. The number of phenolic OH excluding ortho intramolecular Hbond substituents is 1. The molecular weight excluding hydrogens is 306 g/mol. The lowest BCUT2D eigenvalue weighted by atomic mass is 10.1. The molecule has 3 rings (SSSR count). The number of phenols is 1. The Hall–Kier alpha value is -3.28. The molecule has 0 fully saturated rings. The molecule has 1 heterocycles. The fourth-order valence-corrected chi connectivity index (χ4v) is 2.28. The van der Waals surface area contributed by atoms with Crippen LogP contribution in [0.2, 0.25) is 0 Å². The summed E-state index contributed by atoms with van der Waals surface area (Å²) >= 11 is 0. The molecule has 24 heavy (non-hydrogen) atoms. The van der Waals surface area contributed by atoms with Gasteiger partial charge >= 0.3 is 0 Å². The van der Waals surface area contributed by atoms with Crippen LogP contribution in [-0.4, -0.2) is 31.3 Å². The summed E-state index contributed by atoms with van der Waals surface area (Å²) in [7, 11) is 3.73. The number of fused-ring (bicyclic) bond motifs is 1. The van der Waals surface area contributed by atoms with Crippen molar-refractivity contribution in [1.82, 2.24) is 5.43 Å². The van der Waals surface area contributed by atoms with Gasteiger partial charge in [-0.1, -0.05) is 24.3 Å².